The number of nitrogens with zero attached hydrogens (tertiary/aromatic N) is 6. The van der Waals surface area contributed by atoms with Crippen LogP contribution in [-0.4, -0.2) is 50.4 Å². The van der Waals surface area contributed by atoms with Crippen molar-refractivity contribution >= 4 is 11.5 Å². The van der Waals surface area contributed by atoms with Crippen LogP contribution < -0.4 is 4.90 Å². The van der Waals surface area contributed by atoms with E-state index in [1.54, 1.807) is 0 Å². The standard InChI is InChI=1S/C18H22N6/c1-14-11-18-21-15(2)16(24(18)13-20-14)12-22-7-9-23(10-8-22)17-5-3-4-6-19-17/h3-6,11,13H,7-10,12H2,1-2H3. The van der Waals surface area contributed by atoms with E-state index in [2.05, 4.69) is 42.1 Å². The van der Waals surface area contributed by atoms with Crippen molar-refractivity contribution in [3.63, 3.8) is 0 Å². The highest BCUT2D eigenvalue weighted by molar-refractivity contribution is 5.43. The van der Waals surface area contributed by atoms with Gasteiger partial charge in [0.15, 0.2) is 0 Å². The molecule has 0 unspecified atom stereocenters. The minimum atomic E-state index is 0.911. The van der Waals surface area contributed by atoms with Gasteiger partial charge in [0, 0.05) is 50.7 Å². The number of rotatable bonds is 3. The van der Waals surface area contributed by atoms with E-state index >= 15 is 0 Å². The Hall–Kier alpha value is -2.47. The van der Waals surface area contributed by atoms with Crippen LogP contribution in [0.15, 0.2) is 36.8 Å². The highest BCUT2D eigenvalue weighted by Gasteiger charge is 2.20. The van der Waals surface area contributed by atoms with Gasteiger partial charge in [0.1, 0.15) is 17.8 Å². The first-order valence-electron chi connectivity index (χ1n) is 8.39. The summed E-state index contributed by atoms with van der Waals surface area (Å²) in [5.41, 5.74) is 4.32. The predicted molar refractivity (Wildman–Crippen MR) is 94.2 cm³/mol. The van der Waals surface area contributed by atoms with E-state index in [1.807, 2.05) is 37.6 Å². The van der Waals surface area contributed by atoms with Crippen molar-refractivity contribution < 1.29 is 0 Å². The third-order valence-electron chi connectivity index (χ3n) is 4.67. The smallest absolute Gasteiger partial charge is 0.140 e. The van der Waals surface area contributed by atoms with Crippen LogP contribution in [0.2, 0.25) is 0 Å². The molecule has 0 bridgehead atoms. The Morgan fingerprint density at radius 3 is 2.62 bits per heavy atom. The number of aryl methyl sites for hydroxylation is 2. The van der Waals surface area contributed by atoms with Crippen LogP contribution in [0.25, 0.3) is 5.65 Å². The van der Waals surface area contributed by atoms with Gasteiger partial charge in [-0.25, -0.2) is 15.0 Å². The molecule has 3 aromatic rings. The largest absolute Gasteiger partial charge is 0.354 e. The van der Waals surface area contributed by atoms with E-state index < -0.39 is 0 Å². The quantitative estimate of drug-likeness (QED) is 0.739. The molecule has 1 aliphatic rings. The van der Waals surface area contributed by atoms with Crippen molar-refractivity contribution in [1.82, 2.24) is 24.3 Å². The van der Waals surface area contributed by atoms with Crippen LogP contribution in [0.5, 0.6) is 0 Å². The zero-order valence-corrected chi connectivity index (χ0v) is 14.2. The van der Waals surface area contributed by atoms with Gasteiger partial charge in [-0.2, -0.15) is 0 Å². The fourth-order valence-electron chi connectivity index (χ4n) is 3.28. The van der Waals surface area contributed by atoms with Crippen LogP contribution in [0.4, 0.5) is 5.82 Å². The highest BCUT2D eigenvalue weighted by atomic mass is 15.3. The number of pyridine rings is 1. The molecule has 24 heavy (non-hydrogen) atoms. The molecule has 0 spiro atoms. The number of piperazine rings is 1. The molecule has 4 rings (SSSR count). The normalized spacial score (nSPS) is 16.0. The molecule has 0 aliphatic carbocycles. The summed E-state index contributed by atoms with van der Waals surface area (Å²) in [7, 11) is 0. The van der Waals surface area contributed by atoms with Crippen molar-refractivity contribution in [2.45, 2.75) is 20.4 Å². The summed E-state index contributed by atoms with van der Waals surface area (Å²) < 4.78 is 2.12. The minimum absolute atomic E-state index is 0.911. The molecule has 6 nitrogen and oxygen atoms in total. The third-order valence-corrected chi connectivity index (χ3v) is 4.67. The lowest BCUT2D eigenvalue weighted by Crippen LogP contribution is -2.46. The van der Waals surface area contributed by atoms with E-state index in [9.17, 15) is 0 Å². The van der Waals surface area contributed by atoms with Crippen molar-refractivity contribution in [2.24, 2.45) is 0 Å². The third kappa shape index (κ3) is 2.85. The number of hydrogen-bond donors (Lipinski definition) is 0. The van der Waals surface area contributed by atoms with Gasteiger partial charge in [-0.15, -0.1) is 0 Å². The van der Waals surface area contributed by atoms with Crippen molar-refractivity contribution in [3.8, 4) is 0 Å². The van der Waals surface area contributed by atoms with Crippen LogP contribution in [0, 0.1) is 13.8 Å². The summed E-state index contributed by atoms with van der Waals surface area (Å²) in [5.74, 6) is 1.07. The molecule has 0 amide bonds. The van der Waals surface area contributed by atoms with Crippen molar-refractivity contribution in [1.29, 1.82) is 0 Å². The van der Waals surface area contributed by atoms with Gasteiger partial charge < -0.3 is 4.90 Å². The van der Waals surface area contributed by atoms with Crippen molar-refractivity contribution in [2.75, 3.05) is 31.1 Å². The molecule has 1 saturated heterocycles. The Bertz CT molecular complexity index is 833. The van der Waals surface area contributed by atoms with Gasteiger partial charge in [-0.1, -0.05) is 6.07 Å². The van der Waals surface area contributed by atoms with Gasteiger partial charge in [0.05, 0.1) is 11.4 Å². The summed E-state index contributed by atoms with van der Waals surface area (Å²) in [4.78, 5) is 18.4. The maximum absolute atomic E-state index is 4.68. The average molecular weight is 322 g/mol. The van der Waals surface area contributed by atoms with Crippen LogP contribution in [0.1, 0.15) is 17.1 Å². The average Bonchev–Trinajstić information content (AvgIpc) is 2.91. The summed E-state index contributed by atoms with van der Waals surface area (Å²) in [6.45, 7) is 9.06. The first kappa shape index (κ1) is 15.1. The lowest BCUT2D eigenvalue weighted by Gasteiger charge is -2.35. The van der Waals surface area contributed by atoms with E-state index in [4.69, 9.17) is 0 Å². The SMILES string of the molecule is Cc1cc2nc(C)c(CN3CCN(c4ccccn4)CC3)n2cn1. The van der Waals surface area contributed by atoms with E-state index in [0.717, 1.165) is 55.6 Å². The van der Waals surface area contributed by atoms with Crippen LogP contribution >= 0.6 is 0 Å². The number of imidazole rings is 1. The Kier molecular flexibility index (Phi) is 3.90. The Balaban J connectivity index is 1.47. The zero-order valence-electron chi connectivity index (χ0n) is 14.2. The first-order valence-corrected chi connectivity index (χ1v) is 8.39. The summed E-state index contributed by atoms with van der Waals surface area (Å²) in [6.07, 6.45) is 3.75. The maximum Gasteiger partial charge on any atom is 0.140 e. The molecular formula is C18H22N6. The van der Waals surface area contributed by atoms with Crippen LogP contribution in [-0.2, 0) is 6.54 Å². The molecule has 6 heteroatoms. The monoisotopic (exact) mass is 322 g/mol. The van der Waals surface area contributed by atoms with Crippen molar-refractivity contribution in [3.05, 3.63) is 53.9 Å². The lowest BCUT2D eigenvalue weighted by molar-refractivity contribution is 0.245. The first-order chi connectivity index (χ1) is 11.7. The van der Waals surface area contributed by atoms with Crippen LogP contribution in [0.3, 0.4) is 0 Å². The lowest BCUT2D eigenvalue weighted by atomic mass is 10.2. The number of hydrogen-bond acceptors (Lipinski definition) is 5. The van der Waals surface area contributed by atoms with Gasteiger partial charge in [-0.3, -0.25) is 9.30 Å². The number of aromatic nitrogens is 4. The summed E-state index contributed by atoms with van der Waals surface area (Å²) >= 11 is 0. The van der Waals surface area contributed by atoms with E-state index in [0.29, 0.717) is 0 Å². The zero-order chi connectivity index (χ0) is 16.5. The van der Waals surface area contributed by atoms with Gasteiger partial charge in [0.2, 0.25) is 0 Å². The van der Waals surface area contributed by atoms with E-state index in [1.165, 1.54) is 5.69 Å². The fourth-order valence-corrected chi connectivity index (χ4v) is 3.28. The van der Waals surface area contributed by atoms with Gasteiger partial charge in [-0.05, 0) is 26.0 Å². The summed E-state index contributed by atoms with van der Waals surface area (Å²) in [5, 5.41) is 0. The molecule has 124 valence electrons. The molecule has 4 heterocycles. The molecule has 0 atom stereocenters. The second-order valence-electron chi connectivity index (χ2n) is 6.35. The second-order valence-corrected chi connectivity index (χ2v) is 6.35. The fraction of sp³-hybridized carbons (Fsp3) is 0.389. The predicted octanol–water partition coefficient (Wildman–Crippen LogP) is 2.06. The molecule has 1 fully saturated rings. The Morgan fingerprint density at radius 1 is 1.04 bits per heavy atom. The molecule has 1 aliphatic heterocycles. The Morgan fingerprint density at radius 2 is 1.88 bits per heavy atom. The molecular weight excluding hydrogens is 300 g/mol. The maximum atomic E-state index is 4.68. The highest BCUT2D eigenvalue weighted by Crippen LogP contribution is 2.17. The number of anilines is 1. The second kappa shape index (κ2) is 6.20. The summed E-state index contributed by atoms with van der Waals surface area (Å²) in [6, 6.07) is 8.13. The number of fused-ring (bicyclic) bond motifs is 1. The molecule has 0 aromatic carbocycles. The molecule has 0 radical (unpaired) electrons. The van der Waals surface area contributed by atoms with Gasteiger partial charge >= 0.3 is 0 Å². The molecule has 0 saturated carbocycles. The van der Waals surface area contributed by atoms with Gasteiger partial charge in [0.25, 0.3) is 0 Å². The Labute approximate surface area is 141 Å². The molecule has 3 aromatic heterocycles. The minimum Gasteiger partial charge on any atom is -0.354 e. The van der Waals surface area contributed by atoms with E-state index in [-0.39, 0.29) is 0 Å². The molecule has 0 N–H and O–H groups in total. The topological polar surface area (TPSA) is 49.6 Å².